The van der Waals surface area contributed by atoms with E-state index in [2.05, 4.69) is 28.6 Å². The second-order valence-electron chi connectivity index (χ2n) is 6.88. The van der Waals surface area contributed by atoms with Gasteiger partial charge in [0.1, 0.15) is 18.1 Å². The van der Waals surface area contributed by atoms with Crippen LogP contribution in [-0.2, 0) is 24.0 Å². The van der Waals surface area contributed by atoms with Gasteiger partial charge in [0.25, 0.3) is 0 Å². The van der Waals surface area contributed by atoms with Gasteiger partial charge in [-0.2, -0.15) is 12.6 Å². The number of hydrogen-bond donors (Lipinski definition) is 8. The van der Waals surface area contributed by atoms with Crippen LogP contribution in [0.15, 0.2) is 0 Å². The molecule has 0 saturated carbocycles. The number of nitrogens with two attached hydrogens (primary N) is 1. The third-order valence-corrected chi connectivity index (χ3v) is 4.75. The first-order valence-electron chi connectivity index (χ1n) is 9.25. The van der Waals surface area contributed by atoms with Gasteiger partial charge in [0.2, 0.25) is 17.7 Å². The topological polar surface area (TPSA) is 208 Å². The van der Waals surface area contributed by atoms with Gasteiger partial charge in [-0.25, -0.2) is 4.79 Å². The molecular weight excluding hydrogens is 420 g/mol. The van der Waals surface area contributed by atoms with E-state index < -0.39 is 72.3 Å². The van der Waals surface area contributed by atoms with Crippen LogP contribution in [0.4, 0.5) is 0 Å². The van der Waals surface area contributed by atoms with Crippen molar-refractivity contribution < 1.29 is 39.3 Å². The van der Waals surface area contributed by atoms with Crippen molar-refractivity contribution >= 4 is 42.3 Å². The molecule has 30 heavy (non-hydrogen) atoms. The maximum Gasteiger partial charge on any atom is 0.327 e. The van der Waals surface area contributed by atoms with Crippen LogP contribution in [0, 0.1) is 5.92 Å². The predicted octanol–water partition coefficient (Wildman–Crippen LogP) is -2.32. The van der Waals surface area contributed by atoms with Gasteiger partial charge in [-0.15, -0.1) is 0 Å². The predicted molar refractivity (Wildman–Crippen MR) is 109 cm³/mol. The van der Waals surface area contributed by atoms with Gasteiger partial charge in [-0.05, 0) is 12.8 Å². The Kier molecular flexibility index (Phi) is 12.0. The summed E-state index contributed by atoms with van der Waals surface area (Å²) >= 11 is 3.87. The molecule has 3 amide bonds. The summed E-state index contributed by atoms with van der Waals surface area (Å²) in [6.45, 7) is 4.62. The third-order valence-electron chi connectivity index (χ3n) is 4.38. The number of aliphatic carboxylic acids is 2. The van der Waals surface area contributed by atoms with Gasteiger partial charge in [0.15, 0.2) is 0 Å². The highest BCUT2D eigenvalue weighted by atomic mass is 32.1. The van der Waals surface area contributed by atoms with E-state index in [1.807, 2.05) is 0 Å². The minimum atomic E-state index is -1.52. The minimum Gasteiger partial charge on any atom is -0.481 e. The number of carboxylic acids is 2. The summed E-state index contributed by atoms with van der Waals surface area (Å²) < 4.78 is 0. The number of aliphatic hydroxyl groups is 1. The molecule has 0 fully saturated rings. The molecule has 0 radical (unpaired) electrons. The van der Waals surface area contributed by atoms with Gasteiger partial charge in [0.05, 0.1) is 18.6 Å². The van der Waals surface area contributed by atoms with E-state index in [1.54, 1.807) is 13.8 Å². The number of carbonyl (C=O) groups is 5. The van der Waals surface area contributed by atoms with Crippen molar-refractivity contribution in [2.24, 2.45) is 11.7 Å². The van der Waals surface area contributed by atoms with Crippen LogP contribution in [0.3, 0.4) is 0 Å². The summed E-state index contributed by atoms with van der Waals surface area (Å²) in [5.41, 5.74) is 5.45. The first-order chi connectivity index (χ1) is 13.8. The maximum atomic E-state index is 12.6. The Balaban J connectivity index is 5.41. The summed E-state index contributed by atoms with van der Waals surface area (Å²) in [6.07, 6.45) is -1.62. The van der Waals surface area contributed by atoms with Crippen molar-refractivity contribution in [1.29, 1.82) is 0 Å². The fourth-order valence-corrected chi connectivity index (χ4v) is 2.59. The summed E-state index contributed by atoms with van der Waals surface area (Å²) in [7, 11) is 0. The molecule has 6 unspecified atom stereocenters. The number of carboxylic acid groups (broad SMARTS) is 2. The highest BCUT2D eigenvalue weighted by Gasteiger charge is 2.34. The van der Waals surface area contributed by atoms with E-state index in [9.17, 15) is 29.1 Å². The van der Waals surface area contributed by atoms with E-state index in [1.165, 1.54) is 6.92 Å². The zero-order valence-electron chi connectivity index (χ0n) is 17.0. The van der Waals surface area contributed by atoms with E-state index in [4.69, 9.17) is 15.9 Å². The Hall–Kier alpha value is -2.38. The summed E-state index contributed by atoms with van der Waals surface area (Å²) in [6, 6.07) is -5.39. The average Bonchev–Trinajstić information content (AvgIpc) is 2.65. The molecule has 0 bridgehead atoms. The van der Waals surface area contributed by atoms with Gasteiger partial charge < -0.3 is 37.0 Å². The second-order valence-corrected chi connectivity index (χ2v) is 7.25. The van der Waals surface area contributed by atoms with Crippen molar-refractivity contribution in [2.75, 3.05) is 5.75 Å². The summed E-state index contributed by atoms with van der Waals surface area (Å²) in [4.78, 5) is 59.0. The van der Waals surface area contributed by atoms with Gasteiger partial charge in [-0.1, -0.05) is 20.3 Å². The molecule has 0 aliphatic rings. The van der Waals surface area contributed by atoms with Crippen molar-refractivity contribution in [3.05, 3.63) is 0 Å². The molecule has 8 N–H and O–H groups in total. The largest absolute Gasteiger partial charge is 0.481 e. The Morgan fingerprint density at radius 1 is 0.933 bits per heavy atom. The zero-order valence-corrected chi connectivity index (χ0v) is 17.9. The number of carbonyl (C=O) groups excluding carboxylic acids is 3. The molecular formula is C17H30N4O8S. The lowest BCUT2D eigenvalue weighted by molar-refractivity contribution is -0.142. The van der Waals surface area contributed by atoms with Gasteiger partial charge >= 0.3 is 11.9 Å². The molecule has 0 aliphatic carbocycles. The lowest BCUT2D eigenvalue weighted by Crippen LogP contribution is -2.61. The lowest BCUT2D eigenvalue weighted by Gasteiger charge is -2.28. The molecule has 12 nitrogen and oxygen atoms in total. The molecule has 0 heterocycles. The first kappa shape index (κ1) is 27.6. The van der Waals surface area contributed by atoms with E-state index >= 15 is 0 Å². The van der Waals surface area contributed by atoms with Crippen molar-refractivity contribution in [2.45, 2.75) is 63.9 Å². The number of aliphatic hydroxyl groups excluding tert-OH is 1. The van der Waals surface area contributed by atoms with Crippen molar-refractivity contribution in [3.63, 3.8) is 0 Å². The smallest absolute Gasteiger partial charge is 0.327 e. The molecule has 6 atom stereocenters. The summed E-state index contributed by atoms with van der Waals surface area (Å²) in [5.74, 6) is -5.85. The maximum absolute atomic E-state index is 12.6. The lowest BCUT2D eigenvalue weighted by atomic mass is 9.97. The van der Waals surface area contributed by atoms with Crippen LogP contribution in [0.2, 0.25) is 0 Å². The zero-order chi connectivity index (χ0) is 23.6. The standard InChI is InChI=1S/C17H30N4O8S/c1-4-7(2)12(15(26)19-10(6-30)17(28)29)20-16(27)13(8(3)22)21-14(25)9(18)5-11(23)24/h7-10,12-13,22,30H,4-6,18H2,1-3H3,(H,19,26)(H,20,27)(H,21,25)(H,23,24)(H,28,29). The molecule has 0 saturated heterocycles. The van der Waals surface area contributed by atoms with E-state index in [-0.39, 0.29) is 5.75 Å². The van der Waals surface area contributed by atoms with Crippen LogP contribution >= 0.6 is 12.6 Å². The Morgan fingerprint density at radius 2 is 1.43 bits per heavy atom. The third kappa shape index (κ3) is 8.97. The number of amides is 3. The van der Waals surface area contributed by atoms with Crippen LogP contribution in [0.1, 0.15) is 33.6 Å². The monoisotopic (exact) mass is 450 g/mol. The Bertz CT molecular complexity index is 645. The van der Waals surface area contributed by atoms with Gasteiger partial charge in [-0.3, -0.25) is 19.2 Å². The van der Waals surface area contributed by atoms with E-state index in [0.717, 1.165) is 0 Å². The van der Waals surface area contributed by atoms with Gasteiger partial charge in [0, 0.05) is 5.75 Å². The molecule has 0 aliphatic heterocycles. The van der Waals surface area contributed by atoms with Crippen LogP contribution < -0.4 is 21.7 Å². The fraction of sp³-hybridized carbons (Fsp3) is 0.706. The fourth-order valence-electron chi connectivity index (χ4n) is 2.34. The quantitative estimate of drug-likeness (QED) is 0.141. The number of rotatable bonds is 13. The Morgan fingerprint density at radius 3 is 1.83 bits per heavy atom. The molecule has 13 heteroatoms. The molecule has 0 aromatic rings. The highest BCUT2D eigenvalue weighted by Crippen LogP contribution is 2.10. The second kappa shape index (κ2) is 13.0. The van der Waals surface area contributed by atoms with E-state index in [0.29, 0.717) is 6.42 Å². The summed E-state index contributed by atoms with van der Waals surface area (Å²) in [5, 5.41) is 34.5. The normalized spacial score (nSPS) is 16.9. The van der Waals surface area contributed by atoms with Crippen LogP contribution in [0.5, 0.6) is 0 Å². The molecule has 0 rings (SSSR count). The Labute approximate surface area is 179 Å². The number of thiol groups is 1. The van der Waals surface area contributed by atoms with Crippen LogP contribution in [0.25, 0.3) is 0 Å². The number of hydrogen-bond acceptors (Lipinski definition) is 8. The first-order valence-corrected chi connectivity index (χ1v) is 9.89. The average molecular weight is 451 g/mol. The SMILES string of the molecule is CCC(C)C(NC(=O)C(NC(=O)C(N)CC(=O)O)C(C)O)C(=O)NC(CS)C(=O)O. The number of nitrogens with one attached hydrogen (secondary N) is 3. The molecule has 0 aromatic heterocycles. The van der Waals surface area contributed by atoms with Crippen LogP contribution in [-0.4, -0.2) is 81.0 Å². The minimum absolute atomic E-state index is 0.171. The highest BCUT2D eigenvalue weighted by molar-refractivity contribution is 7.80. The molecule has 0 spiro atoms. The van der Waals surface area contributed by atoms with Crippen molar-refractivity contribution in [1.82, 2.24) is 16.0 Å². The molecule has 172 valence electrons. The van der Waals surface area contributed by atoms with Crippen molar-refractivity contribution in [3.8, 4) is 0 Å². The molecule has 0 aromatic carbocycles.